The Morgan fingerprint density at radius 1 is 1.22 bits per heavy atom. The Morgan fingerprint density at radius 3 is 2.48 bits per heavy atom. The first-order chi connectivity index (χ1) is 12.9. The quantitative estimate of drug-likeness (QED) is 0.881. The number of anilines is 1. The molecular formula is C19H24N6O2. The molecule has 1 amide bonds. The first-order valence-corrected chi connectivity index (χ1v) is 8.96. The number of nitriles is 1. The minimum atomic E-state index is -1.06. The van der Waals surface area contributed by atoms with E-state index in [0.29, 0.717) is 38.1 Å². The van der Waals surface area contributed by atoms with Gasteiger partial charge in [0.25, 0.3) is 0 Å². The number of hydrogen-bond donors (Lipinski definition) is 1. The van der Waals surface area contributed by atoms with Crippen LogP contribution in [-0.4, -0.2) is 52.5 Å². The van der Waals surface area contributed by atoms with Crippen molar-refractivity contribution < 1.29 is 9.53 Å². The summed E-state index contributed by atoms with van der Waals surface area (Å²) in [6.45, 7) is 8.18. The maximum Gasteiger partial charge on any atom is 0.245 e. The Morgan fingerprint density at radius 2 is 1.89 bits per heavy atom. The molecule has 1 aliphatic heterocycles. The van der Waals surface area contributed by atoms with Crippen LogP contribution in [0.25, 0.3) is 5.69 Å². The van der Waals surface area contributed by atoms with Crippen LogP contribution in [0.1, 0.15) is 32.5 Å². The van der Waals surface area contributed by atoms with E-state index in [-0.39, 0.29) is 5.91 Å². The molecule has 3 rings (SSSR count). The second kappa shape index (κ2) is 7.76. The molecule has 0 saturated carbocycles. The number of morpholine rings is 1. The van der Waals surface area contributed by atoms with Crippen LogP contribution in [-0.2, 0) is 9.53 Å². The van der Waals surface area contributed by atoms with Crippen LogP contribution in [0, 0.1) is 11.3 Å². The maximum absolute atomic E-state index is 12.7. The van der Waals surface area contributed by atoms with Crippen molar-refractivity contribution >= 4 is 11.9 Å². The molecule has 1 aromatic carbocycles. The lowest BCUT2D eigenvalue weighted by Gasteiger charge is -2.28. The van der Waals surface area contributed by atoms with Gasteiger partial charge in [0.15, 0.2) is 11.7 Å². The molecule has 1 aliphatic rings. The van der Waals surface area contributed by atoms with E-state index in [0.717, 1.165) is 5.69 Å². The van der Waals surface area contributed by atoms with Gasteiger partial charge in [0.2, 0.25) is 11.9 Å². The molecule has 0 unspecified atom stereocenters. The third-order valence-electron chi connectivity index (χ3n) is 4.13. The van der Waals surface area contributed by atoms with Gasteiger partial charge in [-0.05, 0) is 32.9 Å². The number of aromatic nitrogens is 3. The van der Waals surface area contributed by atoms with Crippen molar-refractivity contribution in [1.82, 2.24) is 20.1 Å². The lowest BCUT2D eigenvalue weighted by molar-refractivity contribution is -0.122. The van der Waals surface area contributed by atoms with Crippen LogP contribution < -0.4 is 10.2 Å². The number of rotatable bonds is 4. The van der Waals surface area contributed by atoms with Gasteiger partial charge in [0.05, 0.1) is 25.0 Å². The van der Waals surface area contributed by atoms with Crippen molar-refractivity contribution in [1.29, 1.82) is 5.26 Å². The summed E-state index contributed by atoms with van der Waals surface area (Å²) >= 11 is 0. The van der Waals surface area contributed by atoms with E-state index in [1.807, 2.05) is 51.1 Å². The molecule has 1 saturated heterocycles. The lowest BCUT2D eigenvalue weighted by atomic mass is 10.0. The summed E-state index contributed by atoms with van der Waals surface area (Å²) in [6.07, 6.45) is 0. The van der Waals surface area contributed by atoms with Crippen molar-refractivity contribution in [2.45, 2.75) is 32.2 Å². The second-order valence-electron chi connectivity index (χ2n) is 7.43. The number of nitrogens with one attached hydrogen (secondary N) is 1. The lowest BCUT2D eigenvalue weighted by Crippen LogP contribution is -2.43. The smallest absolute Gasteiger partial charge is 0.245 e. The van der Waals surface area contributed by atoms with Crippen LogP contribution >= 0.6 is 0 Å². The molecule has 1 aromatic heterocycles. The number of benzene rings is 1. The van der Waals surface area contributed by atoms with Crippen molar-refractivity contribution in [3.8, 4) is 11.8 Å². The highest BCUT2D eigenvalue weighted by Crippen LogP contribution is 2.26. The van der Waals surface area contributed by atoms with E-state index in [1.54, 1.807) is 4.57 Å². The van der Waals surface area contributed by atoms with Gasteiger partial charge in [-0.15, -0.1) is 10.2 Å². The van der Waals surface area contributed by atoms with Gasteiger partial charge in [0, 0.05) is 18.6 Å². The van der Waals surface area contributed by atoms with Crippen LogP contribution in [0.3, 0.4) is 0 Å². The Labute approximate surface area is 158 Å². The Hall–Kier alpha value is -2.92. The highest BCUT2D eigenvalue weighted by molar-refractivity contribution is 5.86. The van der Waals surface area contributed by atoms with Crippen LogP contribution in [0.15, 0.2) is 30.3 Å². The van der Waals surface area contributed by atoms with E-state index in [4.69, 9.17) is 4.74 Å². The van der Waals surface area contributed by atoms with Crippen LogP contribution in [0.5, 0.6) is 0 Å². The SMILES string of the molecule is CC(C)(C)NC(=O)[C@@H](C#N)c1nnc(N2CCOCC2)n1-c1ccccc1. The fourth-order valence-electron chi connectivity index (χ4n) is 2.94. The monoisotopic (exact) mass is 368 g/mol. The van der Waals surface area contributed by atoms with E-state index in [2.05, 4.69) is 26.5 Å². The summed E-state index contributed by atoms with van der Waals surface area (Å²) < 4.78 is 7.21. The van der Waals surface area contributed by atoms with E-state index in [9.17, 15) is 10.1 Å². The highest BCUT2D eigenvalue weighted by atomic mass is 16.5. The normalized spacial score (nSPS) is 15.9. The van der Waals surface area contributed by atoms with Gasteiger partial charge in [0.1, 0.15) is 0 Å². The summed E-state index contributed by atoms with van der Waals surface area (Å²) in [6, 6.07) is 11.6. The Kier molecular flexibility index (Phi) is 5.42. The minimum Gasteiger partial charge on any atom is -0.378 e. The highest BCUT2D eigenvalue weighted by Gasteiger charge is 2.32. The van der Waals surface area contributed by atoms with Crippen molar-refractivity contribution in [2.24, 2.45) is 0 Å². The summed E-state index contributed by atoms with van der Waals surface area (Å²) in [7, 11) is 0. The molecule has 142 valence electrons. The third-order valence-corrected chi connectivity index (χ3v) is 4.13. The maximum atomic E-state index is 12.7. The van der Waals surface area contributed by atoms with Crippen LogP contribution in [0.4, 0.5) is 5.95 Å². The number of ether oxygens (including phenoxy) is 1. The summed E-state index contributed by atoms with van der Waals surface area (Å²) in [4.78, 5) is 14.8. The molecule has 1 N–H and O–H groups in total. The average molecular weight is 368 g/mol. The molecule has 0 radical (unpaired) electrons. The third kappa shape index (κ3) is 4.26. The van der Waals surface area contributed by atoms with Gasteiger partial charge in [-0.3, -0.25) is 9.36 Å². The molecular weight excluding hydrogens is 344 g/mol. The number of amides is 1. The topological polar surface area (TPSA) is 96.1 Å². The van der Waals surface area contributed by atoms with E-state index >= 15 is 0 Å². The zero-order chi connectivity index (χ0) is 19.4. The Balaban J connectivity index is 2.05. The number of hydrogen-bond acceptors (Lipinski definition) is 6. The summed E-state index contributed by atoms with van der Waals surface area (Å²) in [5.74, 6) is -0.523. The fraction of sp³-hybridized carbons (Fsp3) is 0.474. The molecule has 27 heavy (non-hydrogen) atoms. The number of para-hydroxylation sites is 1. The summed E-state index contributed by atoms with van der Waals surface area (Å²) in [5, 5.41) is 21.1. The molecule has 8 nitrogen and oxygen atoms in total. The predicted octanol–water partition coefficient (Wildman–Crippen LogP) is 1.63. The van der Waals surface area contributed by atoms with Gasteiger partial charge in [-0.2, -0.15) is 5.26 Å². The second-order valence-corrected chi connectivity index (χ2v) is 7.43. The average Bonchev–Trinajstić information content (AvgIpc) is 3.07. The van der Waals surface area contributed by atoms with Crippen molar-refractivity contribution in [3.05, 3.63) is 36.2 Å². The fourth-order valence-corrected chi connectivity index (χ4v) is 2.94. The molecule has 0 bridgehead atoms. The zero-order valence-electron chi connectivity index (χ0n) is 15.8. The minimum absolute atomic E-state index is 0.312. The van der Waals surface area contributed by atoms with Crippen LogP contribution in [0.2, 0.25) is 0 Å². The molecule has 1 fully saturated rings. The zero-order valence-corrected chi connectivity index (χ0v) is 15.8. The predicted molar refractivity (Wildman–Crippen MR) is 101 cm³/mol. The van der Waals surface area contributed by atoms with E-state index < -0.39 is 11.5 Å². The first kappa shape index (κ1) is 18.9. The number of nitrogens with zero attached hydrogens (tertiary/aromatic N) is 5. The Bertz CT molecular complexity index is 828. The largest absolute Gasteiger partial charge is 0.378 e. The first-order valence-electron chi connectivity index (χ1n) is 8.96. The number of carbonyl (C=O) groups is 1. The molecule has 1 atom stereocenters. The van der Waals surface area contributed by atoms with Gasteiger partial charge in [-0.25, -0.2) is 0 Å². The van der Waals surface area contributed by atoms with Crippen molar-refractivity contribution in [3.63, 3.8) is 0 Å². The van der Waals surface area contributed by atoms with Crippen molar-refractivity contribution in [2.75, 3.05) is 31.2 Å². The van der Waals surface area contributed by atoms with E-state index in [1.165, 1.54) is 0 Å². The molecule has 2 aromatic rings. The number of carbonyl (C=O) groups excluding carboxylic acids is 1. The summed E-state index contributed by atoms with van der Waals surface area (Å²) in [5.41, 5.74) is 0.361. The molecule has 8 heteroatoms. The molecule has 0 spiro atoms. The van der Waals surface area contributed by atoms with Gasteiger partial charge in [-0.1, -0.05) is 18.2 Å². The van der Waals surface area contributed by atoms with Gasteiger partial charge < -0.3 is 15.0 Å². The van der Waals surface area contributed by atoms with Gasteiger partial charge >= 0.3 is 0 Å². The molecule has 2 heterocycles. The standard InChI is InChI=1S/C19H24N6O2/c1-19(2,3)21-17(26)15(13-20)16-22-23-18(24-9-11-27-12-10-24)25(16)14-7-5-4-6-8-14/h4-8,15H,9-12H2,1-3H3,(H,21,26)/t15-/m0/s1. The molecule has 0 aliphatic carbocycles.